The molecular weight excluding hydrogens is 266 g/mol. The van der Waals surface area contributed by atoms with Gasteiger partial charge in [-0.15, -0.1) is 0 Å². The molecule has 0 heterocycles. The van der Waals surface area contributed by atoms with E-state index in [1.54, 1.807) is 0 Å². The summed E-state index contributed by atoms with van der Waals surface area (Å²) in [5, 5.41) is 14.6. The van der Waals surface area contributed by atoms with E-state index in [1.807, 2.05) is 6.07 Å². The Labute approximate surface area is 126 Å². The molecule has 2 aliphatic carbocycles. The Balaban J connectivity index is 1.73. The van der Waals surface area contributed by atoms with Crippen molar-refractivity contribution in [1.82, 2.24) is 5.32 Å². The maximum atomic E-state index is 10.1. The van der Waals surface area contributed by atoms with Crippen LogP contribution in [0.4, 0.5) is 0 Å². The van der Waals surface area contributed by atoms with Gasteiger partial charge in [0.1, 0.15) is 0 Å². The zero-order valence-electron chi connectivity index (χ0n) is 12.1. The van der Waals surface area contributed by atoms with Crippen LogP contribution >= 0.6 is 11.8 Å². The second-order valence-electron chi connectivity index (χ2n) is 6.24. The van der Waals surface area contributed by atoms with Crippen molar-refractivity contribution in [2.45, 2.75) is 55.4 Å². The molecule has 2 fully saturated rings. The normalized spacial score (nSPS) is 22.9. The largest absolute Gasteiger partial charge is 0.394 e. The summed E-state index contributed by atoms with van der Waals surface area (Å²) in [6, 6.07) is 11.1. The molecule has 0 amide bonds. The molecule has 2 aliphatic rings. The van der Waals surface area contributed by atoms with Crippen molar-refractivity contribution >= 4 is 11.8 Å². The first-order valence-electron chi connectivity index (χ1n) is 7.88. The van der Waals surface area contributed by atoms with Crippen molar-refractivity contribution in [3.05, 3.63) is 35.9 Å². The highest BCUT2D eigenvalue weighted by atomic mass is 32.2. The molecule has 1 unspecified atom stereocenters. The van der Waals surface area contributed by atoms with Gasteiger partial charge in [0.15, 0.2) is 0 Å². The Morgan fingerprint density at radius 1 is 1.10 bits per heavy atom. The molecule has 2 nitrogen and oxygen atoms in total. The van der Waals surface area contributed by atoms with Gasteiger partial charge >= 0.3 is 0 Å². The summed E-state index contributed by atoms with van der Waals surface area (Å²) in [7, 11) is 0. The molecule has 0 aromatic heterocycles. The van der Waals surface area contributed by atoms with Gasteiger partial charge in [0.05, 0.1) is 12.1 Å². The fourth-order valence-electron chi connectivity index (χ4n) is 3.08. The second kappa shape index (κ2) is 6.50. The van der Waals surface area contributed by atoms with E-state index in [9.17, 15) is 5.11 Å². The van der Waals surface area contributed by atoms with Crippen molar-refractivity contribution in [2.24, 2.45) is 0 Å². The van der Waals surface area contributed by atoms with Gasteiger partial charge in [-0.3, -0.25) is 0 Å². The zero-order valence-corrected chi connectivity index (χ0v) is 12.9. The van der Waals surface area contributed by atoms with Crippen molar-refractivity contribution in [1.29, 1.82) is 0 Å². The van der Waals surface area contributed by atoms with E-state index < -0.39 is 0 Å². The predicted molar refractivity (Wildman–Crippen MR) is 86.1 cm³/mol. The fraction of sp³-hybridized carbons (Fsp3) is 0.647. The summed E-state index contributed by atoms with van der Waals surface area (Å²) in [6.07, 6.45) is 7.97. The van der Waals surface area contributed by atoms with Gasteiger partial charge in [0, 0.05) is 17.0 Å². The van der Waals surface area contributed by atoms with Crippen molar-refractivity contribution in [3.8, 4) is 0 Å². The molecule has 3 rings (SSSR count). The highest BCUT2D eigenvalue weighted by molar-refractivity contribution is 7.99. The lowest BCUT2D eigenvalue weighted by Crippen LogP contribution is -2.49. The van der Waals surface area contributed by atoms with E-state index in [2.05, 4.69) is 41.3 Å². The van der Waals surface area contributed by atoms with Crippen LogP contribution in [0.15, 0.2) is 30.3 Å². The summed E-state index contributed by atoms with van der Waals surface area (Å²) < 4.78 is 0. The van der Waals surface area contributed by atoms with Gasteiger partial charge in [-0.05, 0) is 31.2 Å². The molecule has 0 radical (unpaired) electrons. The molecule has 20 heavy (non-hydrogen) atoms. The Kier molecular flexibility index (Phi) is 4.69. The quantitative estimate of drug-likeness (QED) is 0.808. The molecule has 3 heteroatoms. The first kappa shape index (κ1) is 14.4. The van der Waals surface area contributed by atoms with Crippen LogP contribution in [-0.2, 0) is 5.54 Å². The lowest BCUT2D eigenvalue weighted by Gasteiger charge is -2.34. The first-order valence-corrected chi connectivity index (χ1v) is 8.93. The topological polar surface area (TPSA) is 32.3 Å². The lowest BCUT2D eigenvalue weighted by atomic mass is 9.92. The molecule has 0 saturated heterocycles. The van der Waals surface area contributed by atoms with Crippen LogP contribution in [-0.4, -0.2) is 28.8 Å². The summed E-state index contributed by atoms with van der Waals surface area (Å²) in [5.74, 6) is 0.981. The number of hydrogen-bond acceptors (Lipinski definition) is 3. The predicted octanol–water partition coefficient (Wildman–Crippen LogP) is 3.30. The SMILES string of the molecule is OCC(CSC1CCCC1)(NC1CC1)c1ccccc1. The molecule has 1 aromatic carbocycles. The van der Waals surface area contributed by atoms with Crippen LogP contribution in [0, 0.1) is 0 Å². The molecule has 110 valence electrons. The minimum Gasteiger partial charge on any atom is -0.394 e. The molecule has 0 bridgehead atoms. The highest BCUT2D eigenvalue weighted by Crippen LogP contribution is 2.36. The average Bonchev–Trinajstić information content (AvgIpc) is 3.16. The van der Waals surface area contributed by atoms with Crippen LogP contribution in [0.25, 0.3) is 0 Å². The number of hydrogen-bond donors (Lipinski definition) is 2. The van der Waals surface area contributed by atoms with Crippen LogP contribution < -0.4 is 5.32 Å². The van der Waals surface area contributed by atoms with Gasteiger partial charge in [0.25, 0.3) is 0 Å². The smallest absolute Gasteiger partial charge is 0.0762 e. The number of benzene rings is 1. The summed E-state index contributed by atoms with van der Waals surface area (Å²) in [5.41, 5.74) is 0.982. The fourth-order valence-corrected chi connectivity index (χ4v) is 4.61. The average molecular weight is 291 g/mol. The third-order valence-electron chi connectivity index (χ3n) is 4.52. The Morgan fingerprint density at radius 2 is 1.80 bits per heavy atom. The van der Waals surface area contributed by atoms with Crippen molar-refractivity contribution < 1.29 is 5.11 Å². The third-order valence-corrected chi connectivity index (χ3v) is 6.12. The van der Waals surface area contributed by atoms with Gasteiger partial charge in [-0.2, -0.15) is 11.8 Å². The van der Waals surface area contributed by atoms with Crippen molar-refractivity contribution in [3.63, 3.8) is 0 Å². The van der Waals surface area contributed by atoms with E-state index in [1.165, 1.54) is 44.1 Å². The summed E-state index contributed by atoms with van der Waals surface area (Å²) >= 11 is 2.06. The zero-order chi connectivity index (χ0) is 13.8. The molecule has 2 saturated carbocycles. The van der Waals surface area contributed by atoms with Crippen LogP contribution in [0.2, 0.25) is 0 Å². The van der Waals surface area contributed by atoms with Gasteiger partial charge < -0.3 is 10.4 Å². The van der Waals surface area contributed by atoms with Gasteiger partial charge in [-0.25, -0.2) is 0 Å². The number of aliphatic hydroxyl groups excluding tert-OH is 1. The summed E-state index contributed by atoms with van der Waals surface area (Å²) in [6.45, 7) is 0.188. The van der Waals surface area contributed by atoms with E-state index in [-0.39, 0.29) is 12.1 Å². The van der Waals surface area contributed by atoms with E-state index in [0.29, 0.717) is 6.04 Å². The van der Waals surface area contributed by atoms with Gasteiger partial charge in [-0.1, -0.05) is 43.2 Å². The number of rotatable bonds is 7. The van der Waals surface area contributed by atoms with Crippen LogP contribution in [0.1, 0.15) is 44.1 Å². The molecule has 1 aromatic rings. The van der Waals surface area contributed by atoms with Crippen molar-refractivity contribution in [2.75, 3.05) is 12.4 Å². The van der Waals surface area contributed by atoms with E-state index in [0.717, 1.165) is 11.0 Å². The molecule has 0 spiro atoms. The Bertz CT molecular complexity index is 414. The minimum atomic E-state index is -0.254. The molecule has 1 atom stereocenters. The highest BCUT2D eigenvalue weighted by Gasteiger charge is 2.38. The third kappa shape index (κ3) is 3.38. The van der Waals surface area contributed by atoms with E-state index in [4.69, 9.17) is 0 Å². The molecule has 2 N–H and O–H groups in total. The molecule has 0 aliphatic heterocycles. The maximum Gasteiger partial charge on any atom is 0.0762 e. The maximum absolute atomic E-state index is 10.1. The van der Waals surface area contributed by atoms with E-state index >= 15 is 0 Å². The number of aliphatic hydroxyl groups is 1. The first-order chi connectivity index (χ1) is 9.82. The standard InChI is InChI=1S/C17H25NOS/c19-12-17(18-15-10-11-15,14-6-2-1-3-7-14)13-20-16-8-4-5-9-16/h1-3,6-7,15-16,18-19H,4-5,8-13H2. The van der Waals surface area contributed by atoms with Crippen LogP contribution in [0.5, 0.6) is 0 Å². The summed E-state index contributed by atoms with van der Waals surface area (Å²) in [4.78, 5) is 0. The van der Waals surface area contributed by atoms with Crippen LogP contribution in [0.3, 0.4) is 0 Å². The monoisotopic (exact) mass is 291 g/mol. The number of nitrogens with one attached hydrogen (secondary N) is 1. The van der Waals surface area contributed by atoms with Gasteiger partial charge in [0.2, 0.25) is 0 Å². The minimum absolute atomic E-state index is 0.188. The Morgan fingerprint density at radius 3 is 2.40 bits per heavy atom. The lowest BCUT2D eigenvalue weighted by molar-refractivity contribution is 0.177. The Hall–Kier alpha value is -0.510. The second-order valence-corrected chi connectivity index (χ2v) is 7.53. The molecular formula is C17H25NOS. The number of thioether (sulfide) groups is 1.